The highest BCUT2D eigenvalue weighted by molar-refractivity contribution is 5.77. The Kier molecular flexibility index (Phi) is 3.21. The Bertz CT molecular complexity index is 727. The van der Waals surface area contributed by atoms with E-state index < -0.39 is 23.3 Å². The number of nitrogens with one attached hydrogen (secondary N) is 1. The predicted molar refractivity (Wildman–Crippen MR) is 60.6 cm³/mol. The van der Waals surface area contributed by atoms with Crippen LogP contribution < -0.4 is 0 Å². The predicted octanol–water partition coefficient (Wildman–Crippen LogP) is 3.58. The van der Waals surface area contributed by atoms with E-state index in [0.29, 0.717) is 0 Å². The van der Waals surface area contributed by atoms with Gasteiger partial charge in [-0.15, -0.1) is 0 Å². The fraction of sp³-hybridized carbons (Fsp3) is 0.0769. The normalized spacial score (nSPS) is 10.9. The number of aromatic nitrogens is 1. The van der Waals surface area contributed by atoms with Crippen LogP contribution >= 0.6 is 0 Å². The largest absolute Gasteiger partial charge is 0.432 e. The van der Waals surface area contributed by atoms with Crippen molar-refractivity contribution >= 4 is 0 Å². The van der Waals surface area contributed by atoms with Crippen LogP contribution in [0.5, 0.6) is 0 Å². The minimum atomic E-state index is -4.78. The molecule has 0 fully saturated rings. The van der Waals surface area contributed by atoms with Crippen molar-refractivity contribution in [1.29, 1.82) is 10.5 Å². The van der Waals surface area contributed by atoms with Gasteiger partial charge in [0.25, 0.3) is 0 Å². The Morgan fingerprint density at radius 1 is 1.00 bits per heavy atom. The lowest BCUT2D eigenvalue weighted by Gasteiger charge is -2.04. The van der Waals surface area contributed by atoms with Gasteiger partial charge in [0.15, 0.2) is 0 Å². The molecule has 1 heterocycles. The molecule has 0 amide bonds. The number of benzene rings is 1. The summed E-state index contributed by atoms with van der Waals surface area (Å²) in [5.74, 6) is -0.572. The highest BCUT2D eigenvalue weighted by atomic mass is 19.4. The van der Waals surface area contributed by atoms with Gasteiger partial charge in [-0.05, 0) is 17.7 Å². The van der Waals surface area contributed by atoms with Crippen molar-refractivity contribution in [2.24, 2.45) is 0 Å². The van der Waals surface area contributed by atoms with Crippen molar-refractivity contribution in [1.82, 2.24) is 4.98 Å². The van der Waals surface area contributed by atoms with E-state index in [1.165, 1.54) is 18.2 Å². The molecule has 0 bridgehead atoms. The molecule has 0 aliphatic rings. The first-order chi connectivity index (χ1) is 9.38. The highest BCUT2D eigenvalue weighted by Crippen LogP contribution is 2.38. The summed E-state index contributed by atoms with van der Waals surface area (Å²) in [5.41, 5.74) is -2.37. The van der Waals surface area contributed by atoms with Gasteiger partial charge in [0, 0.05) is 5.56 Å². The van der Waals surface area contributed by atoms with Gasteiger partial charge in [-0.25, -0.2) is 4.39 Å². The van der Waals surface area contributed by atoms with E-state index >= 15 is 0 Å². The van der Waals surface area contributed by atoms with Crippen LogP contribution in [0, 0.1) is 28.5 Å². The summed E-state index contributed by atoms with van der Waals surface area (Å²) in [5, 5.41) is 17.8. The van der Waals surface area contributed by atoms with Crippen molar-refractivity contribution in [2.75, 3.05) is 0 Å². The van der Waals surface area contributed by atoms with E-state index in [-0.39, 0.29) is 16.8 Å². The maximum atomic E-state index is 12.8. The van der Waals surface area contributed by atoms with Gasteiger partial charge in [0.1, 0.15) is 29.3 Å². The first kappa shape index (κ1) is 13.6. The molecule has 100 valence electrons. The van der Waals surface area contributed by atoms with Gasteiger partial charge in [0.2, 0.25) is 0 Å². The summed E-state index contributed by atoms with van der Waals surface area (Å²) in [7, 11) is 0. The topological polar surface area (TPSA) is 63.4 Å². The van der Waals surface area contributed by atoms with E-state index in [9.17, 15) is 17.6 Å². The number of hydrogen-bond donors (Lipinski definition) is 1. The molecule has 0 aliphatic heterocycles. The van der Waals surface area contributed by atoms with Crippen LogP contribution in [0.3, 0.4) is 0 Å². The molecule has 0 saturated carbocycles. The number of H-pyrrole nitrogens is 1. The maximum absolute atomic E-state index is 12.8. The molecule has 1 aromatic heterocycles. The molecule has 0 spiro atoms. The Balaban J connectivity index is 2.76. The minimum Gasteiger partial charge on any atom is -0.341 e. The number of hydrogen-bond acceptors (Lipinski definition) is 2. The van der Waals surface area contributed by atoms with Crippen LogP contribution in [-0.2, 0) is 6.18 Å². The first-order valence-corrected chi connectivity index (χ1v) is 5.27. The van der Waals surface area contributed by atoms with E-state index in [1.54, 1.807) is 6.07 Å². The Labute approximate surface area is 110 Å². The third-order valence-electron chi connectivity index (χ3n) is 2.64. The summed E-state index contributed by atoms with van der Waals surface area (Å²) >= 11 is 0. The summed E-state index contributed by atoms with van der Waals surface area (Å²) in [6.07, 6.45) is -4.78. The highest BCUT2D eigenvalue weighted by Gasteiger charge is 2.38. The third-order valence-corrected chi connectivity index (χ3v) is 2.64. The van der Waals surface area contributed by atoms with Crippen molar-refractivity contribution in [2.45, 2.75) is 6.18 Å². The van der Waals surface area contributed by atoms with Crippen LogP contribution in [0.4, 0.5) is 17.6 Å². The van der Waals surface area contributed by atoms with Crippen molar-refractivity contribution < 1.29 is 17.6 Å². The van der Waals surface area contributed by atoms with E-state index in [2.05, 4.69) is 0 Å². The van der Waals surface area contributed by atoms with E-state index in [0.717, 1.165) is 12.1 Å². The SMILES string of the molecule is N#Cc1[nH]c(C(F)(F)F)c(C#N)c1-c1ccc(F)cc1. The molecule has 0 radical (unpaired) electrons. The molecule has 3 nitrogen and oxygen atoms in total. The van der Waals surface area contributed by atoms with E-state index in [4.69, 9.17) is 10.5 Å². The second-order valence-electron chi connectivity index (χ2n) is 3.85. The summed E-state index contributed by atoms with van der Waals surface area (Å²) in [6, 6.07) is 7.51. The molecule has 0 unspecified atom stereocenters. The first-order valence-electron chi connectivity index (χ1n) is 5.27. The molecule has 0 atom stereocenters. The number of halogens is 4. The van der Waals surface area contributed by atoms with Gasteiger partial charge >= 0.3 is 6.18 Å². The van der Waals surface area contributed by atoms with Crippen molar-refractivity contribution in [3.8, 4) is 23.3 Å². The zero-order valence-electron chi connectivity index (χ0n) is 9.72. The van der Waals surface area contributed by atoms with Gasteiger partial charge in [-0.1, -0.05) is 12.1 Å². The Hall–Kier alpha value is -2.80. The number of rotatable bonds is 1. The number of nitrogens with zero attached hydrogens (tertiary/aromatic N) is 2. The molecular weight excluding hydrogens is 274 g/mol. The molecule has 0 saturated heterocycles. The number of nitriles is 2. The second kappa shape index (κ2) is 4.71. The average molecular weight is 279 g/mol. The third kappa shape index (κ3) is 2.21. The molecule has 20 heavy (non-hydrogen) atoms. The van der Waals surface area contributed by atoms with Crippen LogP contribution in [0.1, 0.15) is 17.0 Å². The fourth-order valence-corrected chi connectivity index (χ4v) is 1.81. The number of alkyl halides is 3. The summed E-state index contributed by atoms with van der Waals surface area (Å²) in [4.78, 5) is 1.90. The van der Waals surface area contributed by atoms with Crippen molar-refractivity contribution in [3.63, 3.8) is 0 Å². The van der Waals surface area contributed by atoms with Crippen LogP contribution in [-0.4, -0.2) is 4.98 Å². The Morgan fingerprint density at radius 2 is 1.60 bits per heavy atom. The second-order valence-corrected chi connectivity index (χ2v) is 3.85. The minimum absolute atomic E-state index is 0.159. The molecular formula is C13H5F4N3. The zero-order valence-corrected chi connectivity index (χ0v) is 9.72. The van der Waals surface area contributed by atoms with Gasteiger partial charge in [-0.3, -0.25) is 0 Å². The molecule has 7 heteroatoms. The molecule has 2 aromatic rings. The van der Waals surface area contributed by atoms with Crippen LogP contribution in [0.15, 0.2) is 24.3 Å². The smallest absolute Gasteiger partial charge is 0.341 e. The molecule has 0 aliphatic carbocycles. The Morgan fingerprint density at radius 3 is 2.05 bits per heavy atom. The summed E-state index contributed by atoms with van der Waals surface area (Å²) < 4.78 is 51.2. The lowest BCUT2D eigenvalue weighted by atomic mass is 10.0. The number of aromatic amines is 1. The fourth-order valence-electron chi connectivity index (χ4n) is 1.81. The lowest BCUT2D eigenvalue weighted by Crippen LogP contribution is -2.07. The average Bonchev–Trinajstić information content (AvgIpc) is 2.78. The standard InChI is InChI=1S/C13H5F4N3/c14-8-3-1-7(2-4-8)11-9(5-18)12(13(15,16)17)20-10(11)6-19/h1-4,20H. The van der Waals surface area contributed by atoms with Crippen LogP contribution in [0.2, 0.25) is 0 Å². The van der Waals surface area contributed by atoms with Gasteiger partial charge in [0.05, 0.1) is 5.56 Å². The van der Waals surface area contributed by atoms with Crippen molar-refractivity contribution in [3.05, 3.63) is 47.0 Å². The summed E-state index contributed by atoms with van der Waals surface area (Å²) in [6.45, 7) is 0. The maximum Gasteiger partial charge on any atom is 0.432 e. The van der Waals surface area contributed by atoms with E-state index in [1.807, 2.05) is 4.98 Å². The van der Waals surface area contributed by atoms with Gasteiger partial charge in [-0.2, -0.15) is 23.7 Å². The zero-order chi connectivity index (χ0) is 14.9. The lowest BCUT2D eigenvalue weighted by molar-refractivity contribution is -0.141. The molecule has 2 rings (SSSR count). The van der Waals surface area contributed by atoms with Crippen LogP contribution in [0.25, 0.3) is 11.1 Å². The quantitative estimate of drug-likeness (QED) is 0.811. The molecule has 1 N–H and O–H groups in total. The molecule has 1 aromatic carbocycles. The monoisotopic (exact) mass is 279 g/mol. The van der Waals surface area contributed by atoms with Gasteiger partial charge < -0.3 is 4.98 Å².